The number of aliphatic hydroxyl groups excluding tert-OH is 1. The number of benzene rings is 4. The van der Waals surface area contributed by atoms with Crippen molar-refractivity contribution >= 4 is 57.4 Å². The van der Waals surface area contributed by atoms with E-state index in [0.717, 1.165) is 60.0 Å². The first-order valence-electron chi connectivity index (χ1n) is 28.8. The zero-order chi connectivity index (χ0) is 53.7. The number of rotatable bonds is 18. The molecular weight excluding hydrogens is 978 g/mol. The average Bonchev–Trinajstić information content (AvgIpc) is 4.43. The molecule has 0 spiro atoms. The van der Waals surface area contributed by atoms with Crippen LogP contribution in [0, 0.1) is 13.8 Å². The molecular formula is C67H79BF2N2O2S2. The average molecular weight is 1060 g/mol. The SMILES string of the molecule is CCCCC1(CCCC)CC(C)(C)c2c1cc1c(c2-c2ccc(C3=C4c5ccc(OC)cc5C(c5ccc(C)s5)=[N+]4[B-](F)(F)n4c3c3ccc(CO)cc3c4-c3ccc(C)s3)cc2)C(C)(C)CC1(CCCC)CCCC. The predicted octanol–water partition coefficient (Wildman–Crippen LogP) is 18.8. The Balaban J connectivity index is 1.24. The van der Waals surface area contributed by atoms with Crippen molar-refractivity contribution in [2.75, 3.05) is 7.11 Å². The normalized spacial score (nSPS) is 18.1. The van der Waals surface area contributed by atoms with Crippen molar-refractivity contribution in [1.82, 2.24) is 4.48 Å². The first-order valence-corrected chi connectivity index (χ1v) is 30.4. The minimum atomic E-state index is -4.54. The van der Waals surface area contributed by atoms with Crippen LogP contribution in [0.5, 0.6) is 5.75 Å². The van der Waals surface area contributed by atoms with Gasteiger partial charge in [-0.2, -0.15) is 0 Å². The number of ether oxygens (including phenoxy) is 1. The first-order chi connectivity index (χ1) is 36.4. The van der Waals surface area contributed by atoms with Gasteiger partial charge in [-0.1, -0.05) is 149 Å². The second kappa shape index (κ2) is 19.7. The standard InChI is InChI=1S/C67H79BF2N2O2S2/c1-12-16-32-66(33-17-13-2)40-64(7,8)58-52(66)38-53-59(65(9,10)41-67(53,34-18-14-3)35-19-15-4)56(58)45-23-25-46(26-24-45)57-62-48-28-22-44(39-73)36-50(48)60(54-30-20-42(5)75-54)71(62)68(69,70)72-61(55-31-21-43(6)76-55)51-37-47(74-11)27-29-49(51)63(57)72/h20-31,36-38,73H,12-19,32-35,39-41H2,1-11H3. The van der Waals surface area contributed by atoms with E-state index >= 15 is 8.63 Å². The quantitative estimate of drug-likeness (QED) is 0.0870. The lowest BCUT2D eigenvalue weighted by molar-refractivity contribution is -0.317. The number of unbranched alkanes of at least 4 members (excludes halogenated alkanes) is 4. The Morgan fingerprint density at radius 2 is 1.16 bits per heavy atom. The van der Waals surface area contributed by atoms with Gasteiger partial charge in [0.1, 0.15) is 5.75 Å². The zero-order valence-electron chi connectivity index (χ0n) is 47.2. The molecule has 2 aliphatic carbocycles. The molecule has 4 nitrogen and oxygen atoms in total. The molecule has 0 fully saturated rings. The van der Waals surface area contributed by atoms with Crippen LogP contribution in [0.3, 0.4) is 0 Å². The second-order valence-corrected chi connectivity index (χ2v) is 27.2. The number of thiophene rings is 2. The predicted molar refractivity (Wildman–Crippen MR) is 319 cm³/mol. The molecule has 9 heteroatoms. The lowest BCUT2D eigenvalue weighted by Gasteiger charge is -2.35. The number of methoxy groups -OCH3 is 1. The van der Waals surface area contributed by atoms with E-state index in [2.05, 4.69) is 85.7 Å². The fourth-order valence-corrected chi connectivity index (χ4v) is 17.3. The lowest BCUT2D eigenvalue weighted by atomic mass is 9.69. The Bertz CT molecular complexity index is 3390. The molecule has 0 amide bonds. The van der Waals surface area contributed by atoms with Crippen LogP contribution >= 0.6 is 22.7 Å². The summed E-state index contributed by atoms with van der Waals surface area (Å²) in [4.78, 5) is 3.66. The van der Waals surface area contributed by atoms with Crippen LogP contribution in [0.15, 0.2) is 91.0 Å². The van der Waals surface area contributed by atoms with Crippen molar-refractivity contribution in [3.8, 4) is 27.4 Å². The Labute approximate surface area is 460 Å². The highest BCUT2D eigenvalue weighted by molar-refractivity contribution is 7.15. The summed E-state index contributed by atoms with van der Waals surface area (Å²) in [5, 5.41) is 12.0. The Hall–Kier alpha value is -5.09. The molecule has 7 aromatic rings. The summed E-state index contributed by atoms with van der Waals surface area (Å²) in [5.41, 5.74) is 15.0. The molecule has 4 aromatic carbocycles. The van der Waals surface area contributed by atoms with Crippen LogP contribution in [-0.4, -0.2) is 33.9 Å². The van der Waals surface area contributed by atoms with E-state index in [4.69, 9.17) is 4.74 Å². The minimum Gasteiger partial charge on any atom is -0.497 e. The number of aryl methyl sites for hydroxylation is 2. The molecule has 11 rings (SSSR count). The monoisotopic (exact) mass is 1060 g/mol. The van der Waals surface area contributed by atoms with Crippen molar-refractivity contribution in [3.63, 3.8) is 0 Å². The van der Waals surface area contributed by atoms with Crippen molar-refractivity contribution in [3.05, 3.63) is 156 Å². The summed E-state index contributed by atoms with van der Waals surface area (Å²) in [6, 6.07) is 31.8. The zero-order valence-corrected chi connectivity index (χ0v) is 48.8. The molecule has 398 valence electrons. The highest BCUT2D eigenvalue weighted by atomic mass is 32.1. The fourth-order valence-electron chi connectivity index (χ4n) is 15.4. The van der Waals surface area contributed by atoms with Gasteiger partial charge in [-0.15, -0.1) is 22.7 Å². The molecule has 3 aromatic heterocycles. The third kappa shape index (κ3) is 8.20. The number of halogens is 2. The van der Waals surface area contributed by atoms with Gasteiger partial charge in [-0.3, -0.25) is 0 Å². The number of aromatic nitrogens is 1. The van der Waals surface area contributed by atoms with Crippen LogP contribution in [0.2, 0.25) is 0 Å². The van der Waals surface area contributed by atoms with Gasteiger partial charge in [0.2, 0.25) is 0 Å². The third-order valence-electron chi connectivity index (χ3n) is 18.4. The van der Waals surface area contributed by atoms with Gasteiger partial charge in [-0.25, -0.2) is 0 Å². The maximum Gasteiger partial charge on any atom is 0.738 e. The van der Waals surface area contributed by atoms with E-state index in [9.17, 15) is 5.11 Å². The molecule has 0 saturated heterocycles. The summed E-state index contributed by atoms with van der Waals surface area (Å²) in [6.45, 7) is 18.9. The van der Waals surface area contributed by atoms with Crippen molar-refractivity contribution in [2.45, 2.75) is 187 Å². The lowest BCUT2D eigenvalue weighted by Crippen LogP contribution is -2.51. The Morgan fingerprint density at radius 3 is 1.66 bits per heavy atom. The highest BCUT2D eigenvalue weighted by Gasteiger charge is 2.59. The van der Waals surface area contributed by atoms with Crippen LogP contribution in [0.25, 0.3) is 43.7 Å². The molecule has 0 radical (unpaired) electrons. The number of hydrogen-bond acceptors (Lipinski definition) is 4. The molecule has 1 N–H and O–H groups in total. The van der Waals surface area contributed by atoms with Gasteiger partial charge < -0.3 is 27.4 Å². The van der Waals surface area contributed by atoms with Crippen molar-refractivity contribution in [1.29, 1.82) is 0 Å². The maximum absolute atomic E-state index is 19.1. The summed E-state index contributed by atoms with van der Waals surface area (Å²) < 4.78 is 46.8. The number of aliphatic hydroxyl groups is 1. The maximum atomic E-state index is 19.1. The van der Waals surface area contributed by atoms with Crippen molar-refractivity contribution in [2.24, 2.45) is 0 Å². The largest absolute Gasteiger partial charge is 0.738 e. The van der Waals surface area contributed by atoms with E-state index in [-0.39, 0.29) is 28.3 Å². The van der Waals surface area contributed by atoms with Gasteiger partial charge in [0.05, 0.1) is 35.3 Å². The molecule has 4 aliphatic rings. The molecule has 76 heavy (non-hydrogen) atoms. The number of fused-ring (bicyclic) bond motifs is 8. The van der Waals surface area contributed by atoms with Crippen LogP contribution in [0.4, 0.5) is 8.63 Å². The van der Waals surface area contributed by atoms with E-state index < -0.39 is 6.97 Å². The number of hydrogen-bond donors (Lipinski definition) is 1. The van der Waals surface area contributed by atoms with Crippen molar-refractivity contribution < 1.29 is 23.0 Å². The molecule has 2 aliphatic heterocycles. The van der Waals surface area contributed by atoms with Crippen LogP contribution in [-0.2, 0) is 28.3 Å². The summed E-state index contributed by atoms with van der Waals surface area (Å²) in [5.74, 6) is 0.624. The van der Waals surface area contributed by atoms with Crippen LogP contribution < -0.4 is 4.74 Å². The smallest absolute Gasteiger partial charge is 0.497 e. The molecule has 0 saturated carbocycles. The summed E-state index contributed by atoms with van der Waals surface area (Å²) >= 11 is 3.08. The van der Waals surface area contributed by atoms with E-state index in [1.54, 1.807) is 40.7 Å². The van der Waals surface area contributed by atoms with Gasteiger partial charge in [0, 0.05) is 36.8 Å². The Kier molecular flexibility index (Phi) is 13.7. The van der Waals surface area contributed by atoms with E-state index in [0.29, 0.717) is 39.5 Å². The minimum absolute atomic E-state index is 0.0547. The first kappa shape index (κ1) is 52.9. The van der Waals surface area contributed by atoms with Crippen LogP contribution in [0.1, 0.15) is 210 Å². The second-order valence-electron chi connectivity index (χ2n) is 24.6. The van der Waals surface area contributed by atoms with E-state index in [1.165, 1.54) is 108 Å². The Morgan fingerprint density at radius 1 is 0.618 bits per heavy atom. The molecule has 0 unspecified atom stereocenters. The topological polar surface area (TPSA) is 37.4 Å². The third-order valence-corrected chi connectivity index (χ3v) is 20.4. The highest BCUT2D eigenvalue weighted by Crippen LogP contribution is 2.65. The van der Waals surface area contributed by atoms with Gasteiger partial charge in [0.15, 0.2) is 11.4 Å². The fraction of sp³-hybridized carbons (Fsp3) is 0.448. The van der Waals surface area contributed by atoms with Gasteiger partial charge >= 0.3 is 6.97 Å². The van der Waals surface area contributed by atoms with Gasteiger partial charge in [0.25, 0.3) is 0 Å². The molecule has 0 atom stereocenters. The molecule has 0 bridgehead atoms. The summed E-state index contributed by atoms with van der Waals surface area (Å²) in [6.07, 6.45) is 16.8. The summed E-state index contributed by atoms with van der Waals surface area (Å²) in [7, 11) is 1.64. The molecule has 5 heterocycles. The number of nitrogens with zero attached hydrogens (tertiary/aromatic N) is 2. The van der Waals surface area contributed by atoms with E-state index in [1.807, 2.05) is 74.5 Å². The van der Waals surface area contributed by atoms with Gasteiger partial charge in [-0.05, 0) is 167 Å².